The molecule has 0 aliphatic carbocycles. The first-order valence-corrected chi connectivity index (χ1v) is 12.3. The van der Waals surface area contributed by atoms with Gasteiger partial charge < -0.3 is 14.6 Å². The van der Waals surface area contributed by atoms with Gasteiger partial charge >= 0.3 is 0 Å². The van der Waals surface area contributed by atoms with Crippen LogP contribution in [0.5, 0.6) is 0 Å². The number of fused-ring (bicyclic) bond motifs is 6. The van der Waals surface area contributed by atoms with E-state index in [0.29, 0.717) is 16.8 Å². The van der Waals surface area contributed by atoms with Crippen molar-refractivity contribution in [2.75, 3.05) is 10.2 Å². The molecule has 1 fully saturated rings. The van der Waals surface area contributed by atoms with E-state index in [1.165, 1.54) is 6.26 Å². The van der Waals surface area contributed by atoms with Gasteiger partial charge in [0.1, 0.15) is 11.5 Å². The molecule has 1 saturated heterocycles. The van der Waals surface area contributed by atoms with Gasteiger partial charge in [0.2, 0.25) is 11.7 Å². The maximum atomic E-state index is 14.4. The van der Waals surface area contributed by atoms with Crippen LogP contribution in [-0.2, 0) is 10.2 Å². The fourth-order valence-electron chi connectivity index (χ4n) is 6.46. The van der Waals surface area contributed by atoms with E-state index in [1.54, 1.807) is 36.4 Å². The third kappa shape index (κ3) is 2.84. The van der Waals surface area contributed by atoms with Gasteiger partial charge in [0.05, 0.1) is 18.2 Å². The zero-order valence-electron chi connectivity index (χ0n) is 19.7. The Balaban J connectivity index is 1.55. The number of para-hydroxylation sites is 2. The highest BCUT2D eigenvalue weighted by molar-refractivity contribution is 6.18. The Morgan fingerprint density at radius 3 is 2.41 bits per heavy atom. The molecule has 3 aliphatic heterocycles. The monoisotopic (exact) mass is 486 g/mol. The fourth-order valence-corrected chi connectivity index (χ4v) is 6.46. The molecule has 180 valence electrons. The van der Waals surface area contributed by atoms with Crippen molar-refractivity contribution < 1.29 is 18.8 Å². The van der Waals surface area contributed by atoms with Crippen molar-refractivity contribution in [3.05, 3.63) is 126 Å². The smallest absolute Gasteiger partial charge is 0.238 e. The van der Waals surface area contributed by atoms with Gasteiger partial charge in [-0.05, 0) is 35.4 Å². The highest BCUT2D eigenvalue weighted by atomic mass is 16.3. The molecule has 0 bridgehead atoms. The second kappa shape index (κ2) is 7.90. The van der Waals surface area contributed by atoms with E-state index in [0.717, 1.165) is 11.3 Å². The Kier molecular flexibility index (Phi) is 4.60. The molecule has 3 aromatic carbocycles. The molecule has 1 spiro atoms. The molecule has 7 rings (SSSR count). The largest absolute Gasteiger partial charge is 0.461 e. The second-order valence-electron chi connectivity index (χ2n) is 9.63. The lowest BCUT2D eigenvalue weighted by Gasteiger charge is -2.37. The van der Waals surface area contributed by atoms with Crippen molar-refractivity contribution in [2.24, 2.45) is 5.92 Å². The summed E-state index contributed by atoms with van der Waals surface area (Å²) in [5.74, 6) is -1.78. The van der Waals surface area contributed by atoms with Crippen LogP contribution in [0.2, 0.25) is 0 Å². The maximum Gasteiger partial charge on any atom is 0.238 e. The van der Waals surface area contributed by atoms with E-state index in [2.05, 4.69) is 5.32 Å². The number of furan rings is 1. The Bertz CT molecular complexity index is 1590. The van der Waals surface area contributed by atoms with Crippen LogP contribution in [0.3, 0.4) is 0 Å². The molecule has 4 heterocycles. The highest BCUT2D eigenvalue weighted by Crippen LogP contribution is 2.58. The van der Waals surface area contributed by atoms with E-state index in [1.807, 2.05) is 71.6 Å². The molecular weight excluding hydrogens is 464 g/mol. The summed E-state index contributed by atoms with van der Waals surface area (Å²) in [5.41, 5.74) is 2.27. The summed E-state index contributed by atoms with van der Waals surface area (Å²) in [5, 5.41) is 3.02. The molecule has 37 heavy (non-hydrogen) atoms. The van der Waals surface area contributed by atoms with Crippen LogP contribution in [0.25, 0.3) is 6.08 Å². The van der Waals surface area contributed by atoms with Gasteiger partial charge in [-0.3, -0.25) is 14.4 Å². The van der Waals surface area contributed by atoms with Crippen molar-refractivity contribution in [3.63, 3.8) is 0 Å². The molecule has 4 atom stereocenters. The Hall–Kier alpha value is -4.71. The minimum atomic E-state index is -1.33. The number of rotatable bonds is 4. The van der Waals surface area contributed by atoms with Crippen LogP contribution in [-0.4, -0.2) is 29.6 Å². The average molecular weight is 487 g/mol. The van der Waals surface area contributed by atoms with Crippen LogP contribution >= 0.6 is 0 Å². The lowest BCUT2D eigenvalue weighted by atomic mass is 9.64. The minimum absolute atomic E-state index is 0.129. The molecule has 1 amide bonds. The molecule has 6 nitrogen and oxygen atoms in total. The molecule has 1 aromatic heterocycles. The number of carbonyl (C=O) groups is 3. The SMILES string of the molecule is O=C(c1ccccc1)C1C(C(=O)c2ccco2)C2(C(=O)Nc3ccccc32)C2C=Cc3ccccc3N12. The lowest BCUT2D eigenvalue weighted by molar-refractivity contribution is -0.121. The minimum Gasteiger partial charge on any atom is -0.461 e. The zero-order valence-corrected chi connectivity index (χ0v) is 19.7. The van der Waals surface area contributed by atoms with Crippen LogP contribution in [0.1, 0.15) is 32.0 Å². The average Bonchev–Trinajstić information content (AvgIpc) is 3.65. The summed E-state index contributed by atoms with van der Waals surface area (Å²) in [6, 6.07) is 25.9. The molecule has 6 heteroatoms. The summed E-state index contributed by atoms with van der Waals surface area (Å²) in [7, 11) is 0. The predicted octanol–water partition coefficient (Wildman–Crippen LogP) is 5.14. The van der Waals surface area contributed by atoms with Crippen molar-refractivity contribution in [2.45, 2.75) is 17.5 Å². The zero-order chi connectivity index (χ0) is 25.1. The van der Waals surface area contributed by atoms with E-state index in [-0.39, 0.29) is 23.2 Å². The van der Waals surface area contributed by atoms with E-state index in [9.17, 15) is 14.4 Å². The number of hydrogen-bond acceptors (Lipinski definition) is 5. The van der Waals surface area contributed by atoms with Gasteiger partial charge in [-0.15, -0.1) is 0 Å². The van der Waals surface area contributed by atoms with Crippen LogP contribution < -0.4 is 10.2 Å². The number of anilines is 2. The number of nitrogens with zero attached hydrogens (tertiary/aromatic N) is 1. The van der Waals surface area contributed by atoms with E-state index >= 15 is 0 Å². The van der Waals surface area contributed by atoms with Gasteiger partial charge in [-0.2, -0.15) is 0 Å². The second-order valence-corrected chi connectivity index (χ2v) is 9.63. The Labute approximate surface area is 213 Å². The lowest BCUT2D eigenvalue weighted by Crippen LogP contribution is -2.51. The third-order valence-electron chi connectivity index (χ3n) is 7.92. The van der Waals surface area contributed by atoms with Crippen LogP contribution in [0, 0.1) is 5.92 Å². The van der Waals surface area contributed by atoms with Gasteiger partial charge in [0.25, 0.3) is 0 Å². The first-order chi connectivity index (χ1) is 18.1. The fraction of sp³-hybridized carbons (Fsp3) is 0.129. The summed E-state index contributed by atoms with van der Waals surface area (Å²) in [4.78, 5) is 44.9. The molecular formula is C31H22N2O4. The van der Waals surface area contributed by atoms with E-state index < -0.39 is 23.4 Å². The molecule has 4 aromatic rings. The summed E-state index contributed by atoms with van der Waals surface area (Å²) >= 11 is 0. The number of carbonyl (C=O) groups excluding carboxylic acids is 3. The Morgan fingerprint density at radius 2 is 1.59 bits per heavy atom. The number of hydrogen-bond donors (Lipinski definition) is 1. The maximum absolute atomic E-state index is 14.4. The number of ketones is 2. The van der Waals surface area contributed by atoms with Gasteiger partial charge in [0.15, 0.2) is 11.5 Å². The molecule has 3 aliphatic rings. The van der Waals surface area contributed by atoms with Crippen molar-refractivity contribution in [1.82, 2.24) is 0 Å². The summed E-state index contributed by atoms with van der Waals surface area (Å²) < 4.78 is 5.56. The normalized spacial score (nSPS) is 24.9. The summed E-state index contributed by atoms with van der Waals surface area (Å²) in [6.45, 7) is 0. The highest BCUT2D eigenvalue weighted by Gasteiger charge is 2.70. The Morgan fingerprint density at radius 1 is 0.838 bits per heavy atom. The molecule has 4 unspecified atom stereocenters. The number of benzene rings is 3. The number of nitrogens with one attached hydrogen (secondary N) is 1. The number of amides is 1. The first kappa shape index (κ1) is 21.6. The summed E-state index contributed by atoms with van der Waals surface area (Å²) in [6.07, 6.45) is 5.38. The van der Waals surface area contributed by atoms with E-state index in [4.69, 9.17) is 4.42 Å². The molecule has 0 saturated carbocycles. The first-order valence-electron chi connectivity index (χ1n) is 12.3. The van der Waals surface area contributed by atoms with Crippen LogP contribution in [0.4, 0.5) is 11.4 Å². The number of Topliss-reactive ketones (excluding diaryl/α,β-unsaturated/α-hetero) is 2. The predicted molar refractivity (Wildman–Crippen MR) is 140 cm³/mol. The third-order valence-corrected chi connectivity index (χ3v) is 7.92. The van der Waals surface area contributed by atoms with Crippen LogP contribution in [0.15, 0.2) is 108 Å². The van der Waals surface area contributed by atoms with Crippen molar-refractivity contribution in [3.8, 4) is 0 Å². The van der Waals surface area contributed by atoms with Gasteiger partial charge in [-0.1, -0.05) is 78.9 Å². The quantitative estimate of drug-likeness (QED) is 0.404. The standard InChI is InChI=1S/C31H22N2O4/c34-28(20-10-2-1-3-11-20)27-26(29(35)24-15-8-18-37-24)31(21-12-5-6-13-22(21)32-30(31)36)25-17-16-19-9-4-7-14-23(19)33(25)27/h1-18,25-27H,(H,32,36). The van der Waals surface area contributed by atoms with Crippen molar-refractivity contribution in [1.29, 1.82) is 0 Å². The van der Waals surface area contributed by atoms with Crippen molar-refractivity contribution >= 4 is 34.9 Å². The van der Waals surface area contributed by atoms with Gasteiger partial charge in [-0.25, -0.2) is 0 Å². The molecule has 1 N–H and O–H groups in total. The van der Waals surface area contributed by atoms with Gasteiger partial charge in [0, 0.05) is 16.9 Å². The topological polar surface area (TPSA) is 79.6 Å². The molecule has 0 radical (unpaired) electrons.